The van der Waals surface area contributed by atoms with E-state index in [0.717, 1.165) is 22.9 Å². The monoisotopic (exact) mass is 281 g/mol. The van der Waals surface area contributed by atoms with Crippen molar-refractivity contribution in [1.82, 2.24) is 15.3 Å². The number of hydrogen-bond donors (Lipinski definition) is 3. The van der Waals surface area contributed by atoms with E-state index >= 15 is 0 Å². The van der Waals surface area contributed by atoms with Crippen LogP contribution in [0.25, 0.3) is 10.9 Å². The predicted molar refractivity (Wildman–Crippen MR) is 80.2 cm³/mol. The van der Waals surface area contributed by atoms with E-state index in [-0.39, 0.29) is 11.7 Å². The van der Waals surface area contributed by atoms with Crippen LogP contribution in [0.4, 0.5) is 0 Å². The minimum atomic E-state index is -0.124. The molecule has 0 spiro atoms. The van der Waals surface area contributed by atoms with Gasteiger partial charge in [0.15, 0.2) is 0 Å². The van der Waals surface area contributed by atoms with Crippen LogP contribution in [0.2, 0.25) is 0 Å². The van der Waals surface area contributed by atoms with Gasteiger partial charge in [0.2, 0.25) is 0 Å². The second kappa shape index (κ2) is 5.66. The van der Waals surface area contributed by atoms with Crippen LogP contribution in [-0.4, -0.2) is 27.5 Å². The molecule has 0 saturated carbocycles. The van der Waals surface area contributed by atoms with Gasteiger partial charge >= 0.3 is 0 Å². The summed E-state index contributed by atoms with van der Waals surface area (Å²) in [6, 6.07) is 8.69. The second-order valence-electron chi connectivity index (χ2n) is 4.79. The summed E-state index contributed by atoms with van der Waals surface area (Å²) in [6.45, 7) is 0.543. The van der Waals surface area contributed by atoms with Crippen molar-refractivity contribution in [1.29, 1.82) is 0 Å². The van der Waals surface area contributed by atoms with Crippen molar-refractivity contribution in [3.05, 3.63) is 60.0 Å². The normalized spacial score (nSPS) is 10.7. The number of phenolic OH excluding ortho intramolecular Hbond substituents is 1. The molecule has 0 saturated heterocycles. The van der Waals surface area contributed by atoms with Crippen LogP contribution in [0.15, 0.2) is 48.9 Å². The van der Waals surface area contributed by atoms with Gasteiger partial charge in [-0.15, -0.1) is 0 Å². The maximum absolute atomic E-state index is 11.9. The molecule has 3 rings (SSSR count). The van der Waals surface area contributed by atoms with E-state index in [0.29, 0.717) is 12.1 Å². The molecule has 0 unspecified atom stereocenters. The molecule has 3 N–H and O–H groups in total. The molecule has 3 aromatic rings. The van der Waals surface area contributed by atoms with Crippen molar-refractivity contribution in [2.75, 3.05) is 6.54 Å². The molecular formula is C16H15N3O2. The number of hydrogen-bond acceptors (Lipinski definition) is 3. The van der Waals surface area contributed by atoms with Gasteiger partial charge in [-0.05, 0) is 36.2 Å². The van der Waals surface area contributed by atoms with Gasteiger partial charge in [0, 0.05) is 42.1 Å². The first-order valence-electron chi connectivity index (χ1n) is 6.71. The van der Waals surface area contributed by atoms with Gasteiger partial charge in [-0.3, -0.25) is 9.78 Å². The van der Waals surface area contributed by atoms with Gasteiger partial charge in [-0.25, -0.2) is 0 Å². The Morgan fingerprint density at radius 1 is 1.33 bits per heavy atom. The van der Waals surface area contributed by atoms with E-state index in [4.69, 9.17) is 0 Å². The SMILES string of the molecule is O=C(NCCc1c[nH]c2cc(O)ccc12)c1cccnc1. The quantitative estimate of drug-likeness (QED) is 0.686. The lowest BCUT2D eigenvalue weighted by Gasteiger charge is -2.04. The Labute approximate surface area is 121 Å². The van der Waals surface area contributed by atoms with Crippen molar-refractivity contribution in [3.63, 3.8) is 0 Å². The average Bonchev–Trinajstić information content (AvgIpc) is 2.90. The first-order valence-corrected chi connectivity index (χ1v) is 6.71. The number of carbonyl (C=O) groups excluding carboxylic acids is 1. The molecule has 1 amide bonds. The number of aromatic amines is 1. The van der Waals surface area contributed by atoms with Crippen LogP contribution in [-0.2, 0) is 6.42 Å². The highest BCUT2D eigenvalue weighted by Gasteiger charge is 2.07. The topological polar surface area (TPSA) is 78.0 Å². The number of pyridine rings is 1. The number of benzene rings is 1. The lowest BCUT2D eigenvalue weighted by Crippen LogP contribution is -2.25. The Morgan fingerprint density at radius 2 is 2.24 bits per heavy atom. The summed E-state index contributed by atoms with van der Waals surface area (Å²) in [7, 11) is 0. The van der Waals surface area contributed by atoms with Crippen LogP contribution >= 0.6 is 0 Å². The fraction of sp³-hybridized carbons (Fsp3) is 0.125. The zero-order valence-electron chi connectivity index (χ0n) is 11.3. The lowest BCUT2D eigenvalue weighted by atomic mass is 10.1. The zero-order chi connectivity index (χ0) is 14.7. The van der Waals surface area contributed by atoms with Crippen molar-refractivity contribution in [2.24, 2.45) is 0 Å². The number of rotatable bonds is 4. The smallest absolute Gasteiger partial charge is 0.252 e. The number of fused-ring (bicyclic) bond motifs is 1. The fourth-order valence-corrected chi connectivity index (χ4v) is 2.29. The Morgan fingerprint density at radius 3 is 3.05 bits per heavy atom. The van der Waals surface area contributed by atoms with E-state index in [2.05, 4.69) is 15.3 Å². The van der Waals surface area contributed by atoms with Crippen molar-refractivity contribution in [3.8, 4) is 5.75 Å². The third kappa shape index (κ3) is 2.86. The van der Waals surface area contributed by atoms with Gasteiger partial charge < -0.3 is 15.4 Å². The maximum atomic E-state index is 11.9. The lowest BCUT2D eigenvalue weighted by molar-refractivity contribution is 0.0954. The molecule has 0 aliphatic carbocycles. The van der Waals surface area contributed by atoms with Crippen molar-refractivity contribution >= 4 is 16.8 Å². The van der Waals surface area contributed by atoms with Crippen LogP contribution in [0.1, 0.15) is 15.9 Å². The second-order valence-corrected chi connectivity index (χ2v) is 4.79. The molecule has 5 heteroatoms. The highest BCUT2D eigenvalue weighted by molar-refractivity contribution is 5.93. The summed E-state index contributed by atoms with van der Waals surface area (Å²) in [6.07, 6.45) is 5.80. The summed E-state index contributed by atoms with van der Waals surface area (Å²) < 4.78 is 0. The number of nitrogens with one attached hydrogen (secondary N) is 2. The maximum Gasteiger partial charge on any atom is 0.252 e. The van der Waals surface area contributed by atoms with Crippen LogP contribution < -0.4 is 5.32 Å². The molecular weight excluding hydrogens is 266 g/mol. The first-order chi connectivity index (χ1) is 10.2. The molecule has 106 valence electrons. The Balaban J connectivity index is 1.63. The third-order valence-corrected chi connectivity index (χ3v) is 3.35. The van der Waals surface area contributed by atoms with Gasteiger partial charge in [-0.1, -0.05) is 0 Å². The summed E-state index contributed by atoms with van der Waals surface area (Å²) >= 11 is 0. The van der Waals surface area contributed by atoms with Gasteiger partial charge in [0.1, 0.15) is 5.75 Å². The summed E-state index contributed by atoms with van der Waals surface area (Å²) in [5.41, 5.74) is 2.56. The van der Waals surface area contributed by atoms with E-state index in [1.807, 2.05) is 12.3 Å². The average molecular weight is 281 g/mol. The molecule has 0 radical (unpaired) electrons. The molecule has 1 aromatic carbocycles. The minimum absolute atomic E-state index is 0.124. The highest BCUT2D eigenvalue weighted by atomic mass is 16.3. The molecule has 5 nitrogen and oxygen atoms in total. The van der Waals surface area contributed by atoms with Gasteiger partial charge in [0.05, 0.1) is 5.56 Å². The number of amides is 1. The van der Waals surface area contributed by atoms with E-state index in [9.17, 15) is 9.90 Å². The summed E-state index contributed by atoms with van der Waals surface area (Å²) in [5, 5.41) is 13.4. The molecule has 0 bridgehead atoms. The standard InChI is InChI=1S/C16H15N3O2/c20-13-3-4-14-11(10-19-15(14)8-13)5-7-18-16(21)12-2-1-6-17-9-12/h1-4,6,8-10,19-20H,5,7H2,(H,18,21). The fourth-order valence-electron chi connectivity index (χ4n) is 2.29. The molecule has 0 atom stereocenters. The van der Waals surface area contributed by atoms with Gasteiger partial charge in [-0.2, -0.15) is 0 Å². The van der Waals surface area contributed by atoms with Crippen LogP contribution in [0, 0.1) is 0 Å². The highest BCUT2D eigenvalue weighted by Crippen LogP contribution is 2.22. The number of carbonyl (C=O) groups is 1. The number of aromatic nitrogens is 2. The first kappa shape index (κ1) is 13.2. The molecule has 21 heavy (non-hydrogen) atoms. The van der Waals surface area contributed by atoms with E-state index in [1.165, 1.54) is 0 Å². The molecule has 0 aliphatic rings. The van der Waals surface area contributed by atoms with E-state index in [1.54, 1.807) is 36.7 Å². The largest absolute Gasteiger partial charge is 0.508 e. The van der Waals surface area contributed by atoms with Crippen molar-refractivity contribution < 1.29 is 9.90 Å². The molecule has 2 heterocycles. The predicted octanol–water partition coefficient (Wildman–Crippen LogP) is 2.24. The summed E-state index contributed by atoms with van der Waals surface area (Å²) in [4.78, 5) is 18.9. The minimum Gasteiger partial charge on any atom is -0.508 e. The van der Waals surface area contributed by atoms with Crippen LogP contribution in [0.5, 0.6) is 5.75 Å². The molecule has 0 aliphatic heterocycles. The number of H-pyrrole nitrogens is 1. The Bertz CT molecular complexity index is 766. The zero-order valence-corrected chi connectivity index (χ0v) is 11.3. The third-order valence-electron chi connectivity index (χ3n) is 3.35. The number of phenols is 1. The number of nitrogens with zero attached hydrogens (tertiary/aromatic N) is 1. The van der Waals surface area contributed by atoms with Crippen molar-refractivity contribution in [2.45, 2.75) is 6.42 Å². The van der Waals surface area contributed by atoms with E-state index < -0.39 is 0 Å². The summed E-state index contributed by atoms with van der Waals surface area (Å²) in [5.74, 6) is 0.112. The molecule has 2 aromatic heterocycles. The Kier molecular flexibility index (Phi) is 3.55. The Hall–Kier alpha value is -2.82. The number of aromatic hydroxyl groups is 1. The molecule has 0 fully saturated rings. The van der Waals surface area contributed by atoms with Gasteiger partial charge in [0.25, 0.3) is 5.91 Å². The van der Waals surface area contributed by atoms with Crippen LogP contribution in [0.3, 0.4) is 0 Å².